The normalized spacial score (nSPS) is 10.3. The van der Waals surface area contributed by atoms with E-state index >= 15 is 0 Å². The number of pyridine rings is 1. The molecule has 15 heavy (non-hydrogen) atoms. The first-order valence-electron chi connectivity index (χ1n) is 3.89. The average Bonchev–Trinajstić information content (AvgIpc) is 2.26. The molecule has 1 heterocycles. The summed E-state index contributed by atoms with van der Waals surface area (Å²) in [7, 11) is -3.61. The summed E-state index contributed by atoms with van der Waals surface area (Å²) in [6.07, 6.45) is 6.03. The third-order valence-electron chi connectivity index (χ3n) is 1.53. The molecule has 5 nitrogen and oxygen atoms in total. The van der Waals surface area contributed by atoms with E-state index in [-0.39, 0.29) is 17.1 Å². The van der Waals surface area contributed by atoms with Gasteiger partial charge in [-0.3, -0.25) is 0 Å². The van der Waals surface area contributed by atoms with Gasteiger partial charge in [0.2, 0.25) is 10.0 Å². The van der Waals surface area contributed by atoms with Gasteiger partial charge in [0.15, 0.2) is 0 Å². The van der Waals surface area contributed by atoms with Crippen molar-refractivity contribution in [2.45, 2.75) is 4.90 Å². The number of terminal acetylenes is 1. The van der Waals surface area contributed by atoms with Gasteiger partial charge in [-0.25, -0.2) is 13.4 Å². The van der Waals surface area contributed by atoms with Crippen LogP contribution >= 0.6 is 0 Å². The molecule has 1 aromatic heterocycles. The minimum atomic E-state index is -3.61. The molecule has 0 saturated heterocycles. The van der Waals surface area contributed by atoms with Gasteiger partial charge in [0, 0.05) is 6.20 Å². The molecule has 1 rings (SSSR count). The van der Waals surface area contributed by atoms with Crippen molar-refractivity contribution in [2.24, 2.45) is 0 Å². The highest BCUT2D eigenvalue weighted by atomic mass is 32.2. The predicted octanol–water partition coefficient (Wildman–Crippen LogP) is -0.135. The van der Waals surface area contributed by atoms with Gasteiger partial charge in [-0.05, 0) is 12.1 Å². The fraction of sp³-hybridized carbons (Fsp3) is 0.111. The van der Waals surface area contributed by atoms with Gasteiger partial charge in [0.05, 0.1) is 6.54 Å². The monoisotopic (exact) mass is 221 g/mol. The number of hydrogen-bond donors (Lipinski definition) is 1. The second-order valence-electron chi connectivity index (χ2n) is 2.52. The van der Waals surface area contributed by atoms with E-state index in [4.69, 9.17) is 11.7 Å². The summed E-state index contributed by atoms with van der Waals surface area (Å²) in [6.45, 7) is -0.0810. The molecule has 0 fully saturated rings. The summed E-state index contributed by atoms with van der Waals surface area (Å²) in [6, 6.07) is 4.41. The van der Waals surface area contributed by atoms with Gasteiger partial charge in [-0.15, -0.1) is 6.42 Å². The number of nitrogens with zero attached hydrogens (tertiary/aromatic N) is 2. The summed E-state index contributed by atoms with van der Waals surface area (Å²) >= 11 is 0. The maximum atomic E-state index is 11.5. The van der Waals surface area contributed by atoms with E-state index in [2.05, 4.69) is 15.6 Å². The van der Waals surface area contributed by atoms with E-state index in [0.29, 0.717) is 0 Å². The van der Waals surface area contributed by atoms with Crippen LogP contribution in [0.3, 0.4) is 0 Å². The number of nitriles is 1. The first kappa shape index (κ1) is 11.2. The van der Waals surface area contributed by atoms with Gasteiger partial charge < -0.3 is 0 Å². The summed E-state index contributed by atoms with van der Waals surface area (Å²) in [5, 5.41) is 8.47. The molecular weight excluding hydrogens is 214 g/mol. The number of sulfonamides is 1. The van der Waals surface area contributed by atoms with Crippen molar-refractivity contribution in [3.05, 3.63) is 24.0 Å². The molecular formula is C9H7N3O2S. The molecule has 0 saturated carbocycles. The summed E-state index contributed by atoms with van der Waals surface area (Å²) in [4.78, 5) is 3.62. The van der Waals surface area contributed by atoms with Crippen LogP contribution < -0.4 is 4.72 Å². The molecule has 0 aliphatic carbocycles. The van der Waals surface area contributed by atoms with Crippen LogP contribution in [0.1, 0.15) is 5.69 Å². The lowest BCUT2D eigenvalue weighted by Gasteiger charge is -2.02. The summed E-state index contributed by atoms with van der Waals surface area (Å²) in [5.41, 5.74) is 0.158. The van der Waals surface area contributed by atoms with Crippen molar-refractivity contribution in [1.29, 1.82) is 5.26 Å². The molecule has 1 N–H and O–H groups in total. The van der Waals surface area contributed by atoms with Crippen molar-refractivity contribution in [3.8, 4) is 18.4 Å². The number of nitrogens with one attached hydrogen (secondary N) is 1. The zero-order valence-corrected chi connectivity index (χ0v) is 8.45. The Bertz CT molecular complexity index is 520. The molecule has 1 aromatic rings. The molecule has 0 spiro atoms. The van der Waals surface area contributed by atoms with Crippen molar-refractivity contribution >= 4 is 10.0 Å². The second-order valence-corrected chi connectivity index (χ2v) is 4.29. The minimum Gasteiger partial charge on any atom is -0.244 e. The Labute approximate surface area is 87.8 Å². The maximum Gasteiger partial charge on any atom is 0.242 e. The van der Waals surface area contributed by atoms with E-state index in [9.17, 15) is 8.42 Å². The van der Waals surface area contributed by atoms with Crippen molar-refractivity contribution in [3.63, 3.8) is 0 Å². The third-order valence-corrected chi connectivity index (χ3v) is 2.91. The van der Waals surface area contributed by atoms with Gasteiger partial charge in [-0.1, -0.05) is 5.92 Å². The molecule has 0 unspecified atom stereocenters. The summed E-state index contributed by atoms with van der Waals surface area (Å²) in [5.74, 6) is 2.15. The van der Waals surface area contributed by atoms with Gasteiger partial charge >= 0.3 is 0 Å². The third kappa shape index (κ3) is 2.78. The highest BCUT2D eigenvalue weighted by molar-refractivity contribution is 7.89. The molecule has 0 amide bonds. The second kappa shape index (κ2) is 4.56. The lowest BCUT2D eigenvalue weighted by atomic mass is 10.4. The van der Waals surface area contributed by atoms with E-state index < -0.39 is 10.0 Å². The molecule has 6 heteroatoms. The topological polar surface area (TPSA) is 82.9 Å². The largest absolute Gasteiger partial charge is 0.244 e. The Kier molecular flexibility index (Phi) is 3.40. The molecule has 0 atom stereocenters. The van der Waals surface area contributed by atoms with Crippen LogP contribution in [0, 0.1) is 23.7 Å². The summed E-state index contributed by atoms with van der Waals surface area (Å²) < 4.78 is 25.1. The van der Waals surface area contributed by atoms with Crippen LogP contribution in [0.2, 0.25) is 0 Å². The van der Waals surface area contributed by atoms with Crippen molar-refractivity contribution in [2.75, 3.05) is 6.54 Å². The van der Waals surface area contributed by atoms with Gasteiger partial charge in [0.25, 0.3) is 0 Å². The fourth-order valence-electron chi connectivity index (χ4n) is 0.825. The SMILES string of the molecule is C#CCNS(=O)(=O)c1ccc(C#N)nc1. The fourth-order valence-corrected chi connectivity index (χ4v) is 1.70. The van der Waals surface area contributed by atoms with Gasteiger partial charge in [0.1, 0.15) is 16.7 Å². The first-order valence-corrected chi connectivity index (χ1v) is 5.38. The van der Waals surface area contributed by atoms with Gasteiger partial charge in [-0.2, -0.15) is 9.98 Å². The van der Waals surface area contributed by atoms with Crippen LogP contribution in [-0.2, 0) is 10.0 Å². The Morgan fingerprint density at radius 1 is 1.53 bits per heavy atom. The smallest absolute Gasteiger partial charge is 0.242 e. The molecule has 0 bridgehead atoms. The van der Waals surface area contributed by atoms with E-state index in [1.807, 2.05) is 0 Å². The van der Waals surface area contributed by atoms with Crippen LogP contribution in [0.25, 0.3) is 0 Å². The molecule has 0 aliphatic heterocycles. The van der Waals surface area contributed by atoms with Crippen LogP contribution in [0.5, 0.6) is 0 Å². The Morgan fingerprint density at radius 3 is 2.73 bits per heavy atom. The number of hydrogen-bond acceptors (Lipinski definition) is 4. The quantitative estimate of drug-likeness (QED) is 0.720. The van der Waals surface area contributed by atoms with Crippen molar-refractivity contribution in [1.82, 2.24) is 9.71 Å². The highest BCUT2D eigenvalue weighted by Gasteiger charge is 2.12. The highest BCUT2D eigenvalue weighted by Crippen LogP contribution is 2.06. The zero-order valence-electron chi connectivity index (χ0n) is 7.64. The maximum absolute atomic E-state index is 11.5. The Balaban J connectivity index is 2.98. The van der Waals surface area contributed by atoms with Crippen molar-refractivity contribution < 1.29 is 8.42 Å². The molecule has 0 radical (unpaired) electrons. The standard InChI is InChI=1S/C9H7N3O2S/c1-2-5-12-15(13,14)9-4-3-8(6-10)11-7-9/h1,3-4,7,12H,5H2. The lowest BCUT2D eigenvalue weighted by molar-refractivity contribution is 0.585. The average molecular weight is 221 g/mol. The minimum absolute atomic E-state index is 0.0169. The van der Waals surface area contributed by atoms with E-state index in [1.165, 1.54) is 12.1 Å². The van der Waals surface area contributed by atoms with Crippen LogP contribution in [0.4, 0.5) is 0 Å². The van der Waals surface area contributed by atoms with Crippen LogP contribution in [-0.4, -0.2) is 19.9 Å². The predicted molar refractivity (Wildman–Crippen MR) is 53.0 cm³/mol. The molecule has 0 aromatic carbocycles. The van der Waals surface area contributed by atoms with E-state index in [0.717, 1.165) is 6.20 Å². The van der Waals surface area contributed by atoms with Crippen LogP contribution in [0.15, 0.2) is 23.2 Å². The first-order chi connectivity index (χ1) is 7.10. The lowest BCUT2D eigenvalue weighted by Crippen LogP contribution is -2.24. The number of aromatic nitrogens is 1. The Morgan fingerprint density at radius 2 is 2.27 bits per heavy atom. The van der Waals surface area contributed by atoms with E-state index in [1.54, 1.807) is 6.07 Å². The number of rotatable bonds is 3. The molecule has 0 aliphatic rings. The Hall–Kier alpha value is -1.89. The molecule has 76 valence electrons. The zero-order chi connectivity index (χ0) is 11.3.